The molecule has 100 valence electrons. The van der Waals surface area contributed by atoms with Crippen LogP contribution >= 0.6 is 11.6 Å². The van der Waals surface area contributed by atoms with E-state index in [1.54, 1.807) is 30.3 Å². The lowest BCUT2D eigenvalue weighted by atomic mass is 10.1. The van der Waals surface area contributed by atoms with Crippen molar-refractivity contribution in [3.63, 3.8) is 0 Å². The number of fused-ring (bicyclic) bond motifs is 1. The summed E-state index contributed by atoms with van der Waals surface area (Å²) < 4.78 is 0. The summed E-state index contributed by atoms with van der Waals surface area (Å²) in [5.74, 6) is 0.594. The van der Waals surface area contributed by atoms with Crippen LogP contribution in [0.4, 0.5) is 5.69 Å². The van der Waals surface area contributed by atoms with Crippen LogP contribution in [0, 0.1) is 6.92 Å². The summed E-state index contributed by atoms with van der Waals surface area (Å²) in [6, 6.07) is 12.5. The quantitative estimate of drug-likeness (QED) is 0.753. The van der Waals surface area contributed by atoms with Crippen LogP contribution in [-0.2, 0) is 0 Å². The Kier molecular flexibility index (Phi) is 3.16. The monoisotopic (exact) mass is 285 g/mol. The molecular weight excluding hydrogens is 274 g/mol. The molecule has 0 bridgehead atoms. The molecule has 0 saturated carbocycles. The van der Waals surface area contributed by atoms with Crippen molar-refractivity contribution in [2.45, 2.75) is 6.92 Å². The van der Waals surface area contributed by atoms with Crippen LogP contribution in [0.2, 0.25) is 5.02 Å². The van der Waals surface area contributed by atoms with Gasteiger partial charge < -0.3 is 10.3 Å². The van der Waals surface area contributed by atoms with Crippen molar-refractivity contribution in [1.29, 1.82) is 0 Å². The van der Waals surface area contributed by atoms with Gasteiger partial charge in [-0.3, -0.25) is 4.79 Å². The Labute approximate surface area is 120 Å². The topological polar surface area (TPSA) is 57.8 Å². The standard InChI is InChI=1S/C15H12ClN3O/c1-9-17-13-4-2-3-12(14(13)18-9)15(20)19-11-7-5-10(16)6-8-11/h2-8H,1H3,(H,17,18)(H,19,20). The van der Waals surface area contributed by atoms with Crippen LogP contribution in [0.5, 0.6) is 0 Å². The number of aromatic nitrogens is 2. The second-order valence-electron chi connectivity index (χ2n) is 4.48. The Morgan fingerprint density at radius 1 is 1.20 bits per heavy atom. The smallest absolute Gasteiger partial charge is 0.257 e. The van der Waals surface area contributed by atoms with E-state index in [9.17, 15) is 4.79 Å². The van der Waals surface area contributed by atoms with Gasteiger partial charge in [0.05, 0.1) is 11.1 Å². The third-order valence-corrected chi connectivity index (χ3v) is 3.23. The number of para-hydroxylation sites is 1. The maximum Gasteiger partial charge on any atom is 0.257 e. The molecule has 2 N–H and O–H groups in total. The number of nitrogens with zero attached hydrogens (tertiary/aromatic N) is 1. The minimum absolute atomic E-state index is 0.190. The van der Waals surface area contributed by atoms with Crippen molar-refractivity contribution >= 4 is 34.2 Å². The van der Waals surface area contributed by atoms with Crippen LogP contribution in [0.15, 0.2) is 42.5 Å². The molecule has 1 heterocycles. The van der Waals surface area contributed by atoms with Gasteiger partial charge >= 0.3 is 0 Å². The molecule has 0 fully saturated rings. The molecular formula is C15H12ClN3O. The van der Waals surface area contributed by atoms with E-state index in [0.717, 1.165) is 11.3 Å². The van der Waals surface area contributed by atoms with Gasteiger partial charge in [-0.25, -0.2) is 4.98 Å². The average molecular weight is 286 g/mol. The summed E-state index contributed by atoms with van der Waals surface area (Å²) in [7, 11) is 0. The van der Waals surface area contributed by atoms with E-state index in [4.69, 9.17) is 11.6 Å². The van der Waals surface area contributed by atoms with Gasteiger partial charge in [0.2, 0.25) is 0 Å². The van der Waals surface area contributed by atoms with Crippen molar-refractivity contribution in [3.8, 4) is 0 Å². The number of carbonyl (C=O) groups excluding carboxylic acids is 1. The Morgan fingerprint density at radius 2 is 1.95 bits per heavy atom. The first kappa shape index (κ1) is 12.7. The fourth-order valence-corrected chi connectivity index (χ4v) is 2.20. The van der Waals surface area contributed by atoms with Gasteiger partial charge in [0.15, 0.2) is 0 Å². The number of benzene rings is 2. The van der Waals surface area contributed by atoms with Gasteiger partial charge in [-0.05, 0) is 43.3 Å². The normalized spacial score (nSPS) is 10.7. The summed E-state index contributed by atoms with van der Waals surface area (Å²) in [6.45, 7) is 1.86. The number of amides is 1. The minimum atomic E-state index is -0.190. The summed E-state index contributed by atoms with van der Waals surface area (Å²) in [4.78, 5) is 19.8. The highest BCUT2D eigenvalue weighted by Gasteiger charge is 2.12. The molecule has 0 radical (unpaired) electrons. The second-order valence-corrected chi connectivity index (χ2v) is 4.92. The van der Waals surface area contributed by atoms with E-state index >= 15 is 0 Å². The molecule has 20 heavy (non-hydrogen) atoms. The summed E-state index contributed by atoms with van der Waals surface area (Å²) >= 11 is 5.82. The third-order valence-electron chi connectivity index (χ3n) is 2.98. The first-order valence-corrected chi connectivity index (χ1v) is 6.53. The van der Waals surface area contributed by atoms with Crippen molar-refractivity contribution in [3.05, 3.63) is 58.9 Å². The SMILES string of the molecule is Cc1nc2c(C(=O)Nc3ccc(Cl)cc3)cccc2[nH]1. The largest absolute Gasteiger partial charge is 0.342 e. The molecule has 1 amide bonds. The van der Waals surface area contributed by atoms with Gasteiger partial charge in [-0.2, -0.15) is 0 Å². The number of imidazole rings is 1. The van der Waals surface area contributed by atoms with E-state index in [0.29, 0.717) is 21.8 Å². The zero-order chi connectivity index (χ0) is 14.1. The van der Waals surface area contributed by atoms with Crippen LogP contribution in [0.3, 0.4) is 0 Å². The van der Waals surface area contributed by atoms with E-state index in [1.807, 2.05) is 19.1 Å². The fourth-order valence-electron chi connectivity index (χ4n) is 2.07. The molecule has 0 aliphatic carbocycles. The predicted octanol–water partition coefficient (Wildman–Crippen LogP) is 3.78. The van der Waals surface area contributed by atoms with Gasteiger partial charge in [0.25, 0.3) is 5.91 Å². The molecule has 0 aliphatic heterocycles. The van der Waals surface area contributed by atoms with Crippen molar-refractivity contribution < 1.29 is 4.79 Å². The Morgan fingerprint density at radius 3 is 2.70 bits per heavy atom. The number of H-pyrrole nitrogens is 1. The summed E-state index contributed by atoms with van der Waals surface area (Å²) in [5, 5.41) is 3.47. The molecule has 4 nitrogen and oxygen atoms in total. The number of rotatable bonds is 2. The highest BCUT2D eigenvalue weighted by Crippen LogP contribution is 2.19. The molecule has 0 unspecified atom stereocenters. The number of nitrogens with one attached hydrogen (secondary N) is 2. The molecule has 1 aromatic heterocycles. The van der Waals surface area contributed by atoms with Gasteiger partial charge in [-0.15, -0.1) is 0 Å². The van der Waals surface area contributed by atoms with E-state index < -0.39 is 0 Å². The van der Waals surface area contributed by atoms with Crippen LogP contribution in [0.25, 0.3) is 11.0 Å². The van der Waals surface area contributed by atoms with Crippen LogP contribution in [0.1, 0.15) is 16.2 Å². The van der Waals surface area contributed by atoms with Crippen molar-refractivity contribution in [1.82, 2.24) is 9.97 Å². The molecule has 0 spiro atoms. The second kappa shape index (κ2) is 4.98. The number of hydrogen-bond acceptors (Lipinski definition) is 2. The van der Waals surface area contributed by atoms with Crippen molar-refractivity contribution in [2.75, 3.05) is 5.32 Å². The molecule has 3 rings (SSSR count). The lowest BCUT2D eigenvalue weighted by Crippen LogP contribution is -2.12. The number of hydrogen-bond donors (Lipinski definition) is 2. The van der Waals surface area contributed by atoms with Gasteiger partial charge in [0.1, 0.15) is 11.3 Å². The first-order chi connectivity index (χ1) is 9.63. The highest BCUT2D eigenvalue weighted by atomic mass is 35.5. The zero-order valence-electron chi connectivity index (χ0n) is 10.8. The number of halogens is 1. The Balaban J connectivity index is 1.94. The van der Waals surface area contributed by atoms with E-state index in [1.165, 1.54) is 0 Å². The maximum absolute atomic E-state index is 12.3. The first-order valence-electron chi connectivity index (χ1n) is 6.16. The zero-order valence-corrected chi connectivity index (χ0v) is 11.5. The lowest BCUT2D eigenvalue weighted by Gasteiger charge is -2.05. The van der Waals surface area contributed by atoms with E-state index in [-0.39, 0.29) is 5.91 Å². The molecule has 5 heteroatoms. The summed E-state index contributed by atoms with van der Waals surface area (Å²) in [5.41, 5.74) is 2.77. The van der Waals surface area contributed by atoms with Gasteiger partial charge in [0, 0.05) is 10.7 Å². The third kappa shape index (κ3) is 2.38. The molecule has 3 aromatic rings. The van der Waals surface area contributed by atoms with Crippen LogP contribution < -0.4 is 5.32 Å². The minimum Gasteiger partial charge on any atom is -0.342 e. The highest BCUT2D eigenvalue weighted by molar-refractivity contribution is 6.30. The van der Waals surface area contributed by atoms with Crippen LogP contribution in [-0.4, -0.2) is 15.9 Å². The number of aryl methyl sites for hydroxylation is 1. The summed E-state index contributed by atoms with van der Waals surface area (Å²) in [6.07, 6.45) is 0. The maximum atomic E-state index is 12.3. The number of aromatic amines is 1. The van der Waals surface area contributed by atoms with Gasteiger partial charge in [-0.1, -0.05) is 17.7 Å². The number of carbonyl (C=O) groups is 1. The van der Waals surface area contributed by atoms with E-state index in [2.05, 4.69) is 15.3 Å². The predicted molar refractivity (Wildman–Crippen MR) is 80.2 cm³/mol. The lowest BCUT2D eigenvalue weighted by molar-refractivity contribution is 0.102. The van der Waals surface area contributed by atoms with Crippen molar-refractivity contribution in [2.24, 2.45) is 0 Å². The molecule has 0 saturated heterocycles. The molecule has 0 atom stereocenters. The average Bonchev–Trinajstić information content (AvgIpc) is 2.81. The molecule has 0 aliphatic rings. The Hall–Kier alpha value is -2.33. The number of anilines is 1. The molecule has 2 aromatic carbocycles. The Bertz CT molecular complexity index is 777. The fraction of sp³-hybridized carbons (Fsp3) is 0.0667.